The molecule has 0 fully saturated rings. The van der Waals surface area contributed by atoms with Crippen molar-refractivity contribution in [1.82, 2.24) is 9.80 Å². The predicted molar refractivity (Wildman–Crippen MR) is 220 cm³/mol. The van der Waals surface area contributed by atoms with Gasteiger partial charge in [0, 0.05) is 31.7 Å². The largest absolute Gasteiger partial charge is 0.462 e. The molecule has 0 heterocycles. The molecule has 0 aromatic carbocycles. The number of esters is 2. The summed E-state index contributed by atoms with van der Waals surface area (Å²) < 4.78 is 11.4. The highest BCUT2D eigenvalue weighted by Gasteiger charge is 2.18. The molecule has 0 saturated carbocycles. The quantitative estimate of drug-likeness (QED) is 0.0357. The van der Waals surface area contributed by atoms with Gasteiger partial charge in [-0.2, -0.15) is 0 Å². The molecule has 0 radical (unpaired) electrons. The summed E-state index contributed by atoms with van der Waals surface area (Å²) in [5, 5.41) is 0.0412. The smallest absolute Gasteiger partial charge is 0.306 e. The Morgan fingerprint density at radius 1 is 0.569 bits per heavy atom. The van der Waals surface area contributed by atoms with E-state index < -0.39 is 0 Å². The van der Waals surface area contributed by atoms with Crippen LogP contribution in [0.4, 0.5) is 4.79 Å². The lowest BCUT2D eigenvalue weighted by Crippen LogP contribution is -2.31. The molecule has 1 amide bonds. The minimum absolute atomic E-state index is 0.00207. The number of ether oxygens (including phenoxy) is 2. The highest BCUT2D eigenvalue weighted by atomic mass is 32.2. The lowest BCUT2D eigenvalue weighted by atomic mass is 10.0. The monoisotopic (exact) mass is 739 g/mol. The van der Waals surface area contributed by atoms with Gasteiger partial charge in [-0.25, -0.2) is 0 Å². The Bertz CT molecular complexity index is 835. The second kappa shape index (κ2) is 38.2. The van der Waals surface area contributed by atoms with Crippen molar-refractivity contribution in [1.29, 1.82) is 0 Å². The summed E-state index contributed by atoms with van der Waals surface area (Å²) in [5.74, 6) is 0.421. The van der Waals surface area contributed by atoms with Crippen LogP contribution in [0.5, 0.6) is 0 Å². The number of carbonyl (C=O) groups is 3. The van der Waals surface area contributed by atoms with Crippen LogP contribution >= 0.6 is 11.8 Å². The number of nitrogens with zero attached hydrogens (tertiary/aromatic N) is 2. The van der Waals surface area contributed by atoms with Crippen LogP contribution in [0.25, 0.3) is 0 Å². The molecule has 0 rings (SSSR count). The van der Waals surface area contributed by atoms with E-state index in [0.717, 1.165) is 76.8 Å². The van der Waals surface area contributed by atoms with Gasteiger partial charge in [-0.3, -0.25) is 14.4 Å². The number of thioether (sulfide) groups is 1. The molecule has 0 saturated heterocycles. The highest BCUT2D eigenvalue weighted by Crippen LogP contribution is 2.19. The molecule has 1 atom stereocenters. The average molecular weight is 739 g/mol. The maximum absolute atomic E-state index is 13.3. The van der Waals surface area contributed by atoms with Crippen LogP contribution in [-0.4, -0.2) is 78.2 Å². The van der Waals surface area contributed by atoms with Crippen LogP contribution in [0, 0.1) is 0 Å². The fourth-order valence-electron chi connectivity index (χ4n) is 6.25. The molecule has 0 N–H and O–H groups in total. The van der Waals surface area contributed by atoms with E-state index in [-0.39, 0.29) is 29.7 Å². The van der Waals surface area contributed by atoms with Gasteiger partial charge in [-0.15, -0.1) is 0 Å². The normalized spacial score (nSPS) is 12.1. The number of carbonyl (C=O) groups excluding carboxylic acids is 3. The number of hydrogen-bond acceptors (Lipinski definition) is 7. The first-order valence-corrected chi connectivity index (χ1v) is 22.5. The van der Waals surface area contributed by atoms with E-state index in [1.54, 1.807) is 0 Å². The summed E-state index contributed by atoms with van der Waals surface area (Å²) in [4.78, 5) is 42.9. The van der Waals surface area contributed by atoms with Gasteiger partial charge < -0.3 is 19.3 Å². The maximum atomic E-state index is 13.3. The highest BCUT2D eigenvalue weighted by molar-refractivity contribution is 8.13. The summed E-state index contributed by atoms with van der Waals surface area (Å²) in [6, 6.07) is 0. The fraction of sp³-hybridized carbons (Fsp3) is 0.884. The summed E-state index contributed by atoms with van der Waals surface area (Å²) in [6.07, 6.45) is 30.3. The number of allylic oxidation sites excluding steroid dienone is 1. The third-order valence-corrected chi connectivity index (χ3v) is 10.7. The van der Waals surface area contributed by atoms with Crippen molar-refractivity contribution in [2.75, 3.05) is 45.1 Å². The Labute approximate surface area is 320 Å². The molecule has 0 aliphatic heterocycles. The Hall–Kier alpha value is -1.54. The second-order valence-corrected chi connectivity index (χ2v) is 15.3. The van der Waals surface area contributed by atoms with Crippen molar-refractivity contribution in [3.8, 4) is 0 Å². The molecule has 0 aliphatic carbocycles. The van der Waals surface area contributed by atoms with Crippen LogP contribution < -0.4 is 0 Å². The zero-order chi connectivity index (χ0) is 37.6. The molecule has 51 heavy (non-hydrogen) atoms. The lowest BCUT2D eigenvalue weighted by Gasteiger charge is -2.23. The van der Waals surface area contributed by atoms with Crippen molar-refractivity contribution in [2.45, 2.75) is 201 Å². The standard InChI is InChI=1S/C43H82N2O5S/c1-6-11-14-17-19-22-27-38-49-41(46)33-29-36-45(43(48)51-39-28-23-26-35-44(9-4)10-5)37-30-34-42(47)50-40(31-24-20-16-13-8-3)32-25-21-18-15-12-7-2/h22,27,40H,6-21,23-26,28-39H2,1-5H3/b27-22-. The van der Waals surface area contributed by atoms with Crippen molar-refractivity contribution < 1.29 is 23.9 Å². The van der Waals surface area contributed by atoms with Crippen LogP contribution in [-0.2, 0) is 19.1 Å². The molecule has 300 valence electrons. The summed E-state index contributed by atoms with van der Waals surface area (Å²) in [6.45, 7) is 15.6. The van der Waals surface area contributed by atoms with Crippen molar-refractivity contribution in [3.63, 3.8) is 0 Å². The van der Waals surface area contributed by atoms with Gasteiger partial charge in [0.15, 0.2) is 0 Å². The topological polar surface area (TPSA) is 76.1 Å². The summed E-state index contributed by atoms with van der Waals surface area (Å²) in [5.41, 5.74) is 0. The molecule has 1 unspecified atom stereocenters. The average Bonchev–Trinajstić information content (AvgIpc) is 3.12. The van der Waals surface area contributed by atoms with Gasteiger partial charge in [0.05, 0.1) is 0 Å². The zero-order valence-electron chi connectivity index (χ0n) is 34.2. The minimum atomic E-state index is -0.228. The molecule has 0 spiro atoms. The minimum Gasteiger partial charge on any atom is -0.462 e. The van der Waals surface area contributed by atoms with E-state index in [0.29, 0.717) is 39.0 Å². The third-order valence-electron chi connectivity index (χ3n) is 9.65. The molecule has 0 aromatic rings. The molecule has 0 bridgehead atoms. The first-order valence-electron chi connectivity index (χ1n) is 21.6. The third kappa shape index (κ3) is 32.8. The Morgan fingerprint density at radius 2 is 1.10 bits per heavy atom. The molecule has 7 nitrogen and oxygen atoms in total. The van der Waals surface area contributed by atoms with Crippen LogP contribution in [0.3, 0.4) is 0 Å². The van der Waals surface area contributed by atoms with Crippen LogP contribution in [0.1, 0.15) is 195 Å². The van der Waals surface area contributed by atoms with Crippen molar-refractivity contribution in [2.24, 2.45) is 0 Å². The number of rotatable bonds is 37. The van der Waals surface area contributed by atoms with Gasteiger partial charge in [-0.1, -0.05) is 142 Å². The summed E-state index contributed by atoms with van der Waals surface area (Å²) >= 11 is 1.37. The first-order chi connectivity index (χ1) is 24.9. The molecule has 0 aromatic heterocycles. The Balaban J connectivity index is 4.89. The van der Waals surface area contributed by atoms with E-state index in [2.05, 4.69) is 45.6 Å². The van der Waals surface area contributed by atoms with Crippen molar-refractivity contribution in [3.05, 3.63) is 12.2 Å². The fourth-order valence-corrected chi connectivity index (χ4v) is 7.14. The Morgan fingerprint density at radius 3 is 1.69 bits per heavy atom. The predicted octanol–water partition coefficient (Wildman–Crippen LogP) is 12.3. The summed E-state index contributed by atoms with van der Waals surface area (Å²) in [7, 11) is 0. The maximum Gasteiger partial charge on any atom is 0.306 e. The van der Waals surface area contributed by atoms with Gasteiger partial charge in [0.25, 0.3) is 5.24 Å². The SMILES string of the molecule is CCCCCC/C=C\COC(=O)CCCN(CCCC(=O)OC(CCCCCCC)CCCCCCCC)C(=O)SCCCCCN(CC)CC. The van der Waals surface area contributed by atoms with E-state index >= 15 is 0 Å². The van der Waals surface area contributed by atoms with E-state index in [9.17, 15) is 14.4 Å². The van der Waals surface area contributed by atoms with Crippen LogP contribution in [0.2, 0.25) is 0 Å². The molecular formula is C43H82N2O5S. The van der Waals surface area contributed by atoms with Gasteiger partial charge in [-0.05, 0) is 83.8 Å². The van der Waals surface area contributed by atoms with Crippen LogP contribution in [0.15, 0.2) is 12.2 Å². The van der Waals surface area contributed by atoms with E-state index in [4.69, 9.17) is 9.47 Å². The molecule has 8 heteroatoms. The number of unbranched alkanes of at least 4 members (excludes halogenated alkanes) is 15. The first kappa shape index (κ1) is 49.5. The van der Waals surface area contributed by atoms with Gasteiger partial charge >= 0.3 is 11.9 Å². The number of hydrogen-bond donors (Lipinski definition) is 0. The number of amides is 1. The Kier molecular flexibility index (Phi) is 37.0. The molecular weight excluding hydrogens is 657 g/mol. The van der Waals surface area contributed by atoms with Gasteiger partial charge in [0.2, 0.25) is 0 Å². The van der Waals surface area contributed by atoms with E-state index in [1.807, 2.05) is 11.0 Å². The van der Waals surface area contributed by atoms with Gasteiger partial charge in [0.1, 0.15) is 12.7 Å². The molecule has 0 aliphatic rings. The lowest BCUT2D eigenvalue weighted by molar-refractivity contribution is -0.150. The second-order valence-electron chi connectivity index (χ2n) is 14.3. The van der Waals surface area contributed by atoms with E-state index in [1.165, 1.54) is 95.2 Å². The zero-order valence-corrected chi connectivity index (χ0v) is 35.0. The van der Waals surface area contributed by atoms with Crippen molar-refractivity contribution >= 4 is 28.9 Å².